The molecule has 0 aliphatic rings. The molecule has 1 aromatic rings. The molecular formula is C15H18Cl2N4O4. The van der Waals surface area contributed by atoms with Gasteiger partial charge in [-0.3, -0.25) is 14.9 Å². The lowest BCUT2D eigenvalue weighted by Crippen LogP contribution is -2.38. The second-order valence-corrected chi connectivity index (χ2v) is 5.70. The van der Waals surface area contributed by atoms with Gasteiger partial charge in [0.2, 0.25) is 11.9 Å². The van der Waals surface area contributed by atoms with Crippen molar-refractivity contribution in [1.82, 2.24) is 5.32 Å². The molecule has 1 aromatic carbocycles. The topological polar surface area (TPSA) is 137 Å². The van der Waals surface area contributed by atoms with E-state index in [0.29, 0.717) is 22.0 Å². The van der Waals surface area contributed by atoms with Crippen molar-refractivity contribution in [1.29, 1.82) is 0 Å². The molecule has 5 N–H and O–H groups in total. The predicted molar refractivity (Wildman–Crippen MR) is 94.6 cm³/mol. The van der Waals surface area contributed by atoms with E-state index in [1.165, 1.54) is 0 Å². The zero-order chi connectivity index (χ0) is 18.8. The van der Waals surface area contributed by atoms with E-state index in [1.807, 2.05) is 0 Å². The molecule has 0 bridgehead atoms. The van der Waals surface area contributed by atoms with Crippen molar-refractivity contribution >= 4 is 46.9 Å². The number of halogens is 2. The van der Waals surface area contributed by atoms with Crippen LogP contribution in [0.4, 0.5) is 4.79 Å². The van der Waals surface area contributed by atoms with E-state index in [4.69, 9.17) is 39.4 Å². The minimum absolute atomic E-state index is 0.00939. The molecule has 0 saturated heterocycles. The van der Waals surface area contributed by atoms with Crippen molar-refractivity contribution in [2.24, 2.45) is 16.5 Å². The first-order valence-electron chi connectivity index (χ1n) is 7.29. The van der Waals surface area contributed by atoms with Gasteiger partial charge in [-0.2, -0.15) is 0 Å². The number of ether oxygens (including phenoxy) is 1. The van der Waals surface area contributed by atoms with Crippen molar-refractivity contribution in [2.45, 2.75) is 19.3 Å². The van der Waals surface area contributed by atoms with Crippen LogP contribution in [0, 0.1) is 0 Å². The molecule has 0 aliphatic heterocycles. The number of hydrogen-bond acceptors (Lipinski definition) is 5. The van der Waals surface area contributed by atoms with Gasteiger partial charge in [0.25, 0.3) is 0 Å². The molecule has 0 aliphatic carbocycles. The molecule has 0 aromatic heterocycles. The van der Waals surface area contributed by atoms with Gasteiger partial charge in [0.05, 0.1) is 19.6 Å². The molecule has 25 heavy (non-hydrogen) atoms. The molecule has 10 heteroatoms. The summed E-state index contributed by atoms with van der Waals surface area (Å²) in [6.45, 7) is -0.0644. The van der Waals surface area contributed by atoms with Crippen LogP contribution < -0.4 is 16.8 Å². The fraction of sp³-hybridized carbons (Fsp3) is 0.333. The highest BCUT2D eigenvalue weighted by Gasteiger charge is 2.12. The van der Waals surface area contributed by atoms with E-state index in [9.17, 15) is 14.4 Å². The Morgan fingerprint density at radius 1 is 1.20 bits per heavy atom. The fourth-order valence-corrected chi connectivity index (χ4v) is 2.27. The van der Waals surface area contributed by atoms with Crippen molar-refractivity contribution in [2.75, 3.05) is 13.2 Å². The first-order chi connectivity index (χ1) is 11.8. The number of carbonyl (C=O) groups is 3. The molecule has 2 amide bonds. The standard InChI is InChI=1S/C15H18Cl2N4O4/c16-11-4-1-5-12(17)10(11)7-13(23)20-14(19)21-15(24)25-6-2-3-9(22)8-18/h1,4-5H,2-3,6-8,18H2,(H3,19,20,21,23,24). The number of nitrogens with two attached hydrogens (primary N) is 2. The monoisotopic (exact) mass is 388 g/mol. The maximum atomic E-state index is 11.9. The Kier molecular flexibility index (Phi) is 8.90. The number of aliphatic imine (C=N–C) groups is 1. The first kappa shape index (κ1) is 20.9. The Balaban J connectivity index is 2.44. The van der Waals surface area contributed by atoms with Crippen LogP contribution in [0.25, 0.3) is 0 Å². The maximum Gasteiger partial charge on any atom is 0.436 e. The van der Waals surface area contributed by atoms with Crippen LogP contribution in [0.3, 0.4) is 0 Å². The van der Waals surface area contributed by atoms with Crippen LogP contribution in [-0.2, 0) is 20.7 Å². The maximum absolute atomic E-state index is 11.9. The van der Waals surface area contributed by atoms with E-state index >= 15 is 0 Å². The van der Waals surface area contributed by atoms with Crippen LogP contribution in [0.1, 0.15) is 18.4 Å². The molecule has 0 fully saturated rings. The summed E-state index contributed by atoms with van der Waals surface area (Å²) in [6.07, 6.45) is -0.577. The Bertz CT molecular complexity index is 659. The molecular weight excluding hydrogens is 371 g/mol. The highest BCUT2D eigenvalue weighted by atomic mass is 35.5. The van der Waals surface area contributed by atoms with Gasteiger partial charge in [-0.15, -0.1) is 4.99 Å². The van der Waals surface area contributed by atoms with Crippen molar-refractivity contribution in [3.63, 3.8) is 0 Å². The average molecular weight is 389 g/mol. The van der Waals surface area contributed by atoms with Gasteiger partial charge in [-0.25, -0.2) is 4.79 Å². The third-order valence-corrected chi connectivity index (χ3v) is 3.64. The van der Waals surface area contributed by atoms with E-state index in [-0.39, 0.29) is 31.8 Å². The smallest absolute Gasteiger partial charge is 0.436 e. The largest absolute Gasteiger partial charge is 0.448 e. The van der Waals surface area contributed by atoms with Gasteiger partial charge in [0, 0.05) is 16.5 Å². The van der Waals surface area contributed by atoms with Crippen LogP contribution in [-0.4, -0.2) is 36.9 Å². The number of ketones is 1. The van der Waals surface area contributed by atoms with Gasteiger partial charge < -0.3 is 16.2 Å². The van der Waals surface area contributed by atoms with E-state index in [2.05, 4.69) is 10.3 Å². The Hall–Kier alpha value is -2.16. The number of Topliss-reactive ketones (excluding diaryl/α,β-unsaturated/α-hetero) is 1. The summed E-state index contributed by atoms with van der Waals surface area (Å²) in [6, 6.07) is 4.85. The third kappa shape index (κ3) is 7.97. The molecule has 0 unspecified atom stereocenters. The van der Waals surface area contributed by atoms with Gasteiger partial charge in [0.1, 0.15) is 5.78 Å². The van der Waals surface area contributed by atoms with Crippen molar-refractivity contribution in [3.05, 3.63) is 33.8 Å². The fourth-order valence-electron chi connectivity index (χ4n) is 1.74. The Labute approximate surface area is 154 Å². The van der Waals surface area contributed by atoms with Gasteiger partial charge >= 0.3 is 6.09 Å². The lowest BCUT2D eigenvalue weighted by Gasteiger charge is -2.07. The van der Waals surface area contributed by atoms with E-state index in [0.717, 1.165) is 0 Å². The number of carbonyl (C=O) groups excluding carboxylic acids is 3. The second kappa shape index (κ2) is 10.7. The number of hydrogen-bond donors (Lipinski definition) is 3. The molecule has 136 valence electrons. The summed E-state index contributed by atoms with van der Waals surface area (Å²) in [4.78, 5) is 37.6. The highest BCUT2D eigenvalue weighted by molar-refractivity contribution is 6.36. The summed E-state index contributed by atoms with van der Waals surface area (Å²) in [5.74, 6) is -1.10. The predicted octanol–water partition coefficient (Wildman–Crippen LogP) is 1.41. The van der Waals surface area contributed by atoms with Crippen LogP contribution >= 0.6 is 23.2 Å². The summed E-state index contributed by atoms with van der Waals surface area (Å²) >= 11 is 11.9. The first-order valence-corrected chi connectivity index (χ1v) is 8.04. The minimum Gasteiger partial charge on any atom is -0.448 e. The molecule has 0 heterocycles. The number of rotatable bonds is 7. The van der Waals surface area contributed by atoms with E-state index in [1.54, 1.807) is 18.2 Å². The molecule has 0 radical (unpaired) electrons. The molecule has 0 saturated carbocycles. The number of benzene rings is 1. The minimum atomic E-state index is -0.978. The van der Waals surface area contributed by atoms with Crippen molar-refractivity contribution < 1.29 is 19.1 Å². The highest BCUT2D eigenvalue weighted by Crippen LogP contribution is 2.24. The number of guanidine groups is 1. The van der Waals surface area contributed by atoms with Gasteiger partial charge in [0.15, 0.2) is 0 Å². The molecule has 0 atom stereocenters. The molecule has 0 spiro atoms. The van der Waals surface area contributed by atoms with Gasteiger partial charge in [-0.1, -0.05) is 29.3 Å². The summed E-state index contributed by atoms with van der Waals surface area (Å²) in [7, 11) is 0. The van der Waals surface area contributed by atoms with Crippen LogP contribution in [0.5, 0.6) is 0 Å². The normalized spacial score (nSPS) is 11.1. The number of amides is 2. The van der Waals surface area contributed by atoms with Crippen LogP contribution in [0.2, 0.25) is 10.0 Å². The second-order valence-electron chi connectivity index (χ2n) is 4.88. The van der Waals surface area contributed by atoms with Crippen LogP contribution in [0.15, 0.2) is 23.2 Å². The van der Waals surface area contributed by atoms with Gasteiger partial charge in [-0.05, 0) is 24.1 Å². The lowest BCUT2D eigenvalue weighted by molar-refractivity contribution is -0.119. The SMILES string of the molecule is NCC(=O)CCCOC(=O)/N=C(\N)NC(=O)Cc1c(Cl)cccc1Cl. The number of nitrogens with one attached hydrogen (secondary N) is 1. The number of nitrogens with zero attached hydrogens (tertiary/aromatic N) is 1. The third-order valence-electron chi connectivity index (χ3n) is 2.93. The summed E-state index contributed by atoms with van der Waals surface area (Å²) in [5, 5.41) is 2.91. The quantitative estimate of drug-likeness (QED) is 0.366. The Morgan fingerprint density at radius 2 is 1.84 bits per heavy atom. The summed E-state index contributed by atoms with van der Waals surface area (Å²) < 4.78 is 4.75. The van der Waals surface area contributed by atoms with Crippen molar-refractivity contribution in [3.8, 4) is 0 Å². The molecule has 1 rings (SSSR count). The lowest BCUT2D eigenvalue weighted by atomic mass is 10.1. The average Bonchev–Trinajstić information content (AvgIpc) is 2.54. The zero-order valence-electron chi connectivity index (χ0n) is 13.3. The summed E-state index contributed by atoms with van der Waals surface area (Å²) in [5.41, 5.74) is 11.0. The Morgan fingerprint density at radius 3 is 2.44 bits per heavy atom. The van der Waals surface area contributed by atoms with E-state index < -0.39 is 18.0 Å². The molecule has 8 nitrogen and oxygen atoms in total. The zero-order valence-corrected chi connectivity index (χ0v) is 14.8.